The number of nitrogens with zero attached hydrogens (tertiary/aromatic N) is 3. The number of carbonyl (C=O) groups excluding carboxylic acids is 1. The minimum atomic E-state index is -1.10. The number of nitrogens with one attached hydrogen (secondary N) is 1. The van der Waals surface area contributed by atoms with Crippen LogP contribution < -0.4 is 5.32 Å². The Labute approximate surface area is 139 Å². The third-order valence-corrected chi connectivity index (χ3v) is 3.61. The number of aliphatic hydroxyl groups is 1. The first-order valence-electron chi connectivity index (χ1n) is 7.68. The molecule has 1 amide bonds. The van der Waals surface area contributed by atoms with E-state index in [1.54, 1.807) is 4.68 Å². The van der Waals surface area contributed by atoms with Crippen LogP contribution in [0.1, 0.15) is 11.4 Å². The van der Waals surface area contributed by atoms with Crippen LogP contribution in [0.2, 0.25) is 0 Å². The van der Waals surface area contributed by atoms with Gasteiger partial charge in [-0.25, -0.2) is 9.67 Å². The summed E-state index contributed by atoms with van der Waals surface area (Å²) in [6.07, 6.45) is 0.618. The molecule has 0 aliphatic heterocycles. The summed E-state index contributed by atoms with van der Waals surface area (Å²) in [6, 6.07) is 18.9. The number of hydrogen-bond acceptors (Lipinski definition) is 4. The Morgan fingerprint density at radius 2 is 1.75 bits per heavy atom. The number of benzene rings is 2. The Bertz CT molecular complexity index is 787. The van der Waals surface area contributed by atoms with Crippen LogP contribution in [0.3, 0.4) is 0 Å². The molecular formula is C18H18N4O2. The summed E-state index contributed by atoms with van der Waals surface area (Å²) in [5.41, 5.74) is 1.77. The Hall–Kier alpha value is -2.99. The van der Waals surface area contributed by atoms with Crippen LogP contribution in [-0.4, -0.2) is 31.9 Å². The fourth-order valence-electron chi connectivity index (χ4n) is 2.38. The van der Waals surface area contributed by atoms with E-state index in [9.17, 15) is 9.90 Å². The van der Waals surface area contributed by atoms with Crippen molar-refractivity contribution in [3.63, 3.8) is 0 Å². The van der Waals surface area contributed by atoms with Gasteiger partial charge in [0, 0.05) is 6.42 Å². The SMILES string of the molecule is O=C(NCc1ncnn1-c1ccccc1)[C@@H](O)Cc1ccccc1. The fourth-order valence-corrected chi connectivity index (χ4v) is 2.38. The second-order valence-electron chi connectivity index (χ2n) is 5.35. The van der Waals surface area contributed by atoms with E-state index in [1.165, 1.54) is 6.33 Å². The number of para-hydroxylation sites is 1. The van der Waals surface area contributed by atoms with Gasteiger partial charge in [-0.15, -0.1) is 0 Å². The Morgan fingerprint density at radius 3 is 2.46 bits per heavy atom. The molecule has 0 saturated carbocycles. The summed E-state index contributed by atoms with van der Waals surface area (Å²) in [5, 5.41) is 16.9. The lowest BCUT2D eigenvalue weighted by molar-refractivity contribution is -0.129. The molecule has 6 heteroatoms. The summed E-state index contributed by atoms with van der Waals surface area (Å²) in [4.78, 5) is 16.2. The second kappa shape index (κ2) is 7.52. The highest BCUT2D eigenvalue weighted by atomic mass is 16.3. The fraction of sp³-hybridized carbons (Fsp3) is 0.167. The summed E-state index contributed by atoms with van der Waals surface area (Å²) in [5.74, 6) is 0.169. The molecule has 0 unspecified atom stereocenters. The second-order valence-corrected chi connectivity index (χ2v) is 5.35. The van der Waals surface area contributed by atoms with Gasteiger partial charge in [0.15, 0.2) is 5.82 Å². The standard InChI is InChI=1S/C18H18N4O2/c23-16(11-14-7-3-1-4-8-14)18(24)19-12-17-20-13-21-22(17)15-9-5-2-6-10-15/h1-10,13,16,23H,11-12H2,(H,19,24)/t16-/m0/s1. The van der Waals surface area contributed by atoms with Gasteiger partial charge >= 0.3 is 0 Å². The molecule has 1 atom stereocenters. The van der Waals surface area contributed by atoms with Crippen molar-refractivity contribution in [3.8, 4) is 5.69 Å². The molecule has 3 rings (SSSR count). The highest BCUT2D eigenvalue weighted by Crippen LogP contribution is 2.08. The maximum absolute atomic E-state index is 12.1. The third kappa shape index (κ3) is 3.85. The lowest BCUT2D eigenvalue weighted by atomic mass is 10.1. The van der Waals surface area contributed by atoms with Crippen molar-refractivity contribution in [2.24, 2.45) is 0 Å². The number of hydrogen-bond donors (Lipinski definition) is 2. The van der Waals surface area contributed by atoms with Crippen molar-refractivity contribution in [2.45, 2.75) is 19.1 Å². The quantitative estimate of drug-likeness (QED) is 0.720. The van der Waals surface area contributed by atoms with Gasteiger partial charge in [0.1, 0.15) is 12.4 Å². The van der Waals surface area contributed by atoms with Crippen molar-refractivity contribution >= 4 is 5.91 Å². The minimum absolute atomic E-state index is 0.194. The number of rotatable bonds is 6. The molecule has 0 fully saturated rings. The zero-order valence-electron chi connectivity index (χ0n) is 13.0. The topological polar surface area (TPSA) is 80.0 Å². The highest BCUT2D eigenvalue weighted by molar-refractivity contribution is 5.80. The van der Waals surface area contributed by atoms with Crippen LogP contribution in [0.4, 0.5) is 0 Å². The van der Waals surface area contributed by atoms with Gasteiger partial charge in [0.25, 0.3) is 0 Å². The van der Waals surface area contributed by atoms with Crippen LogP contribution in [0.15, 0.2) is 67.0 Å². The molecular weight excluding hydrogens is 304 g/mol. The molecule has 1 heterocycles. The lowest BCUT2D eigenvalue weighted by Gasteiger charge is -2.12. The molecule has 2 N–H and O–H groups in total. The molecule has 122 valence electrons. The van der Waals surface area contributed by atoms with Crippen LogP contribution in [0, 0.1) is 0 Å². The Kier molecular flexibility index (Phi) is 4.98. The summed E-state index contributed by atoms with van der Waals surface area (Å²) in [7, 11) is 0. The van der Waals surface area contributed by atoms with E-state index in [4.69, 9.17) is 0 Å². The highest BCUT2D eigenvalue weighted by Gasteiger charge is 2.16. The van der Waals surface area contributed by atoms with Gasteiger partial charge in [-0.1, -0.05) is 48.5 Å². The molecule has 6 nitrogen and oxygen atoms in total. The smallest absolute Gasteiger partial charge is 0.249 e. The van der Waals surface area contributed by atoms with Crippen LogP contribution in [0.5, 0.6) is 0 Å². The van der Waals surface area contributed by atoms with E-state index >= 15 is 0 Å². The molecule has 24 heavy (non-hydrogen) atoms. The third-order valence-electron chi connectivity index (χ3n) is 3.61. The van der Waals surface area contributed by atoms with E-state index in [0.717, 1.165) is 11.3 Å². The predicted octanol–water partition coefficient (Wildman–Crippen LogP) is 1.49. The summed E-state index contributed by atoms with van der Waals surface area (Å²) in [6.45, 7) is 0.194. The van der Waals surface area contributed by atoms with Crippen molar-refractivity contribution in [1.29, 1.82) is 0 Å². The molecule has 3 aromatic rings. The van der Waals surface area contributed by atoms with Crippen LogP contribution in [-0.2, 0) is 17.8 Å². The van der Waals surface area contributed by atoms with Gasteiger partial charge in [-0.2, -0.15) is 5.10 Å². The molecule has 0 aliphatic rings. The van der Waals surface area contributed by atoms with Gasteiger partial charge in [-0.3, -0.25) is 4.79 Å². The predicted molar refractivity (Wildman–Crippen MR) is 89.4 cm³/mol. The molecule has 2 aromatic carbocycles. The van der Waals surface area contributed by atoms with E-state index in [1.807, 2.05) is 60.7 Å². The van der Waals surface area contributed by atoms with Crippen molar-refractivity contribution in [3.05, 3.63) is 78.4 Å². The van der Waals surface area contributed by atoms with Crippen molar-refractivity contribution in [1.82, 2.24) is 20.1 Å². The normalized spacial score (nSPS) is 11.9. The average molecular weight is 322 g/mol. The van der Waals surface area contributed by atoms with Crippen LogP contribution >= 0.6 is 0 Å². The first-order chi connectivity index (χ1) is 11.7. The molecule has 0 aliphatic carbocycles. The van der Waals surface area contributed by atoms with Crippen molar-refractivity contribution in [2.75, 3.05) is 0 Å². The first kappa shape index (κ1) is 15.9. The zero-order chi connectivity index (χ0) is 16.8. The van der Waals surface area contributed by atoms with Crippen LogP contribution in [0.25, 0.3) is 5.69 Å². The number of aliphatic hydroxyl groups excluding tert-OH is 1. The van der Waals surface area contributed by atoms with Gasteiger partial charge in [0.2, 0.25) is 5.91 Å². The molecule has 1 aromatic heterocycles. The van der Waals surface area contributed by atoms with E-state index in [-0.39, 0.29) is 13.0 Å². The van der Waals surface area contributed by atoms with E-state index in [0.29, 0.717) is 5.82 Å². The maximum atomic E-state index is 12.1. The minimum Gasteiger partial charge on any atom is -0.383 e. The largest absolute Gasteiger partial charge is 0.383 e. The van der Waals surface area contributed by atoms with Gasteiger partial charge in [-0.05, 0) is 17.7 Å². The molecule has 0 radical (unpaired) electrons. The van der Waals surface area contributed by atoms with Gasteiger partial charge in [0.05, 0.1) is 12.2 Å². The van der Waals surface area contributed by atoms with E-state index in [2.05, 4.69) is 15.4 Å². The number of carbonyl (C=O) groups is 1. The maximum Gasteiger partial charge on any atom is 0.249 e. The Morgan fingerprint density at radius 1 is 1.08 bits per heavy atom. The number of aromatic nitrogens is 3. The summed E-state index contributed by atoms with van der Waals surface area (Å²) < 4.78 is 1.66. The molecule has 0 saturated heterocycles. The van der Waals surface area contributed by atoms with E-state index < -0.39 is 12.0 Å². The zero-order valence-corrected chi connectivity index (χ0v) is 13.0. The van der Waals surface area contributed by atoms with Gasteiger partial charge < -0.3 is 10.4 Å². The average Bonchev–Trinajstić information content (AvgIpc) is 3.10. The lowest BCUT2D eigenvalue weighted by Crippen LogP contribution is -2.36. The first-order valence-corrected chi connectivity index (χ1v) is 7.68. The Balaban J connectivity index is 1.60. The molecule has 0 spiro atoms. The summed E-state index contributed by atoms with van der Waals surface area (Å²) >= 11 is 0. The van der Waals surface area contributed by atoms with Crippen molar-refractivity contribution < 1.29 is 9.90 Å². The monoisotopic (exact) mass is 322 g/mol. The molecule has 0 bridgehead atoms. The number of amides is 1.